The number of aryl methyl sites for hydroxylation is 1. The number of benzene rings is 1. The van der Waals surface area contributed by atoms with Gasteiger partial charge >= 0.3 is 0 Å². The zero-order valence-corrected chi connectivity index (χ0v) is 15.7. The standard InChI is InChI=1S/C17H19F3N4O2S/c1-11-16(20)17(22-10-21-11)23(2)14-4-3-5-24(9-14)27(25,26)15-7-12(18)6-13(19)8-15/h6-8,10,14H,3-5,9H2,1-2H3. The van der Waals surface area contributed by atoms with Crippen molar-refractivity contribution < 1.29 is 21.6 Å². The normalized spacial score (nSPS) is 18.5. The van der Waals surface area contributed by atoms with Crippen LogP contribution in [0.25, 0.3) is 0 Å². The minimum atomic E-state index is -4.07. The number of sulfonamides is 1. The molecule has 27 heavy (non-hydrogen) atoms. The Kier molecular flexibility index (Phi) is 5.38. The number of hydrogen-bond donors (Lipinski definition) is 0. The molecular weight excluding hydrogens is 381 g/mol. The minimum Gasteiger partial charge on any atom is -0.353 e. The van der Waals surface area contributed by atoms with Crippen LogP contribution in [-0.2, 0) is 10.0 Å². The third-order valence-corrected chi connectivity index (χ3v) is 6.50. The van der Waals surface area contributed by atoms with E-state index in [1.807, 2.05) is 0 Å². The zero-order chi connectivity index (χ0) is 19.8. The quantitative estimate of drug-likeness (QED) is 0.789. The van der Waals surface area contributed by atoms with E-state index >= 15 is 0 Å². The van der Waals surface area contributed by atoms with Crippen LogP contribution in [-0.4, -0.2) is 48.9 Å². The lowest BCUT2D eigenvalue weighted by Gasteiger charge is -2.37. The number of rotatable bonds is 4. The summed E-state index contributed by atoms with van der Waals surface area (Å²) in [5.41, 5.74) is 0.197. The SMILES string of the molecule is Cc1ncnc(N(C)C2CCCN(S(=O)(=O)c3cc(F)cc(F)c3)C2)c1F. The van der Waals surface area contributed by atoms with E-state index < -0.39 is 32.4 Å². The molecule has 1 fully saturated rings. The smallest absolute Gasteiger partial charge is 0.243 e. The maximum atomic E-state index is 14.3. The molecule has 0 spiro atoms. The van der Waals surface area contributed by atoms with Crippen molar-refractivity contribution in [3.8, 4) is 0 Å². The van der Waals surface area contributed by atoms with Crippen LogP contribution in [0.15, 0.2) is 29.4 Å². The summed E-state index contributed by atoms with van der Waals surface area (Å²) in [5.74, 6) is -2.40. The number of anilines is 1. The Hall–Kier alpha value is -2.20. The van der Waals surface area contributed by atoms with Crippen LogP contribution >= 0.6 is 0 Å². The van der Waals surface area contributed by atoms with Gasteiger partial charge in [-0.2, -0.15) is 4.31 Å². The predicted molar refractivity (Wildman–Crippen MR) is 93.3 cm³/mol. The highest BCUT2D eigenvalue weighted by Crippen LogP contribution is 2.27. The summed E-state index contributed by atoms with van der Waals surface area (Å²) in [6.07, 6.45) is 2.40. The van der Waals surface area contributed by atoms with Crippen LogP contribution in [0.4, 0.5) is 19.0 Å². The van der Waals surface area contributed by atoms with E-state index in [9.17, 15) is 21.6 Å². The van der Waals surface area contributed by atoms with Gasteiger partial charge in [0.2, 0.25) is 10.0 Å². The Morgan fingerprint density at radius 2 is 1.81 bits per heavy atom. The maximum Gasteiger partial charge on any atom is 0.243 e. The summed E-state index contributed by atoms with van der Waals surface area (Å²) in [6.45, 7) is 1.79. The van der Waals surface area contributed by atoms with Crippen LogP contribution in [0.1, 0.15) is 18.5 Å². The molecular formula is C17H19F3N4O2S. The molecule has 1 aliphatic rings. The van der Waals surface area contributed by atoms with Crippen molar-refractivity contribution in [1.82, 2.24) is 14.3 Å². The van der Waals surface area contributed by atoms with Crippen molar-refractivity contribution in [3.63, 3.8) is 0 Å². The number of piperidine rings is 1. The molecule has 146 valence electrons. The highest BCUT2D eigenvalue weighted by molar-refractivity contribution is 7.89. The molecule has 6 nitrogen and oxygen atoms in total. The summed E-state index contributed by atoms with van der Waals surface area (Å²) < 4.78 is 68.0. The fourth-order valence-corrected chi connectivity index (χ4v) is 4.70. The lowest BCUT2D eigenvalue weighted by Crippen LogP contribution is -2.49. The van der Waals surface area contributed by atoms with Crippen LogP contribution in [0.2, 0.25) is 0 Å². The van der Waals surface area contributed by atoms with Gasteiger partial charge in [-0.1, -0.05) is 0 Å². The van der Waals surface area contributed by atoms with Gasteiger partial charge in [-0.05, 0) is 31.9 Å². The minimum absolute atomic E-state index is 0.0550. The number of hydrogen-bond acceptors (Lipinski definition) is 5. The molecule has 0 saturated carbocycles. The molecule has 2 heterocycles. The van der Waals surface area contributed by atoms with Crippen molar-refractivity contribution in [2.24, 2.45) is 0 Å². The lowest BCUT2D eigenvalue weighted by atomic mass is 10.1. The molecule has 3 rings (SSSR count). The van der Waals surface area contributed by atoms with Gasteiger partial charge in [-0.25, -0.2) is 31.6 Å². The van der Waals surface area contributed by atoms with Crippen molar-refractivity contribution in [2.75, 3.05) is 25.0 Å². The summed E-state index contributed by atoms with van der Waals surface area (Å²) >= 11 is 0. The van der Waals surface area contributed by atoms with Crippen LogP contribution < -0.4 is 4.90 Å². The van der Waals surface area contributed by atoms with E-state index in [2.05, 4.69) is 9.97 Å². The monoisotopic (exact) mass is 400 g/mol. The average molecular weight is 400 g/mol. The van der Waals surface area contributed by atoms with Crippen molar-refractivity contribution >= 4 is 15.8 Å². The highest BCUT2D eigenvalue weighted by Gasteiger charge is 2.33. The van der Waals surface area contributed by atoms with Gasteiger partial charge in [-0.3, -0.25) is 0 Å². The molecule has 0 radical (unpaired) electrons. The van der Waals surface area contributed by atoms with Gasteiger partial charge in [-0.15, -0.1) is 0 Å². The second kappa shape index (κ2) is 7.43. The Morgan fingerprint density at radius 3 is 2.48 bits per heavy atom. The molecule has 1 atom stereocenters. The summed E-state index contributed by atoms with van der Waals surface area (Å²) in [5, 5.41) is 0. The Labute approximate surface area is 155 Å². The Bertz CT molecular complexity index is 935. The van der Waals surface area contributed by atoms with Gasteiger partial charge in [0.15, 0.2) is 11.6 Å². The summed E-state index contributed by atoms with van der Waals surface area (Å²) in [7, 11) is -2.44. The van der Waals surface area contributed by atoms with E-state index in [0.717, 1.165) is 16.4 Å². The first kappa shape index (κ1) is 19.6. The molecule has 0 N–H and O–H groups in total. The highest BCUT2D eigenvalue weighted by atomic mass is 32.2. The first-order valence-electron chi connectivity index (χ1n) is 8.36. The van der Waals surface area contributed by atoms with Crippen molar-refractivity contribution in [1.29, 1.82) is 0 Å². The number of aromatic nitrogens is 2. The van der Waals surface area contributed by atoms with E-state index in [4.69, 9.17) is 0 Å². The summed E-state index contributed by atoms with van der Waals surface area (Å²) in [4.78, 5) is 8.89. The average Bonchev–Trinajstić information content (AvgIpc) is 2.63. The Balaban J connectivity index is 1.86. The topological polar surface area (TPSA) is 66.4 Å². The van der Waals surface area contributed by atoms with Crippen LogP contribution in [0.5, 0.6) is 0 Å². The molecule has 0 aliphatic carbocycles. The second-order valence-corrected chi connectivity index (χ2v) is 8.41. The summed E-state index contributed by atoms with van der Waals surface area (Å²) in [6, 6.07) is 1.86. The molecule has 0 bridgehead atoms. The predicted octanol–water partition coefficient (Wildman–Crippen LogP) is 2.49. The van der Waals surface area contributed by atoms with Gasteiger partial charge in [0.05, 0.1) is 10.6 Å². The van der Waals surface area contributed by atoms with Crippen molar-refractivity contribution in [2.45, 2.75) is 30.7 Å². The molecule has 2 aromatic rings. The van der Waals surface area contributed by atoms with Crippen LogP contribution in [0, 0.1) is 24.4 Å². The molecule has 1 aromatic heterocycles. The molecule has 10 heteroatoms. The number of likely N-dealkylation sites (N-methyl/N-ethyl adjacent to an activating group) is 1. The maximum absolute atomic E-state index is 14.3. The van der Waals surface area contributed by atoms with E-state index in [-0.39, 0.29) is 30.6 Å². The van der Waals surface area contributed by atoms with Gasteiger partial charge < -0.3 is 4.90 Å². The first-order valence-corrected chi connectivity index (χ1v) is 9.80. The fraction of sp³-hybridized carbons (Fsp3) is 0.412. The third kappa shape index (κ3) is 3.91. The second-order valence-electron chi connectivity index (χ2n) is 6.47. The Morgan fingerprint density at radius 1 is 1.15 bits per heavy atom. The lowest BCUT2D eigenvalue weighted by molar-refractivity contribution is 0.308. The fourth-order valence-electron chi connectivity index (χ4n) is 3.15. The van der Waals surface area contributed by atoms with Crippen LogP contribution in [0.3, 0.4) is 0 Å². The van der Waals surface area contributed by atoms with Gasteiger partial charge in [0, 0.05) is 32.2 Å². The number of halogens is 3. The molecule has 0 amide bonds. The largest absolute Gasteiger partial charge is 0.353 e. The molecule has 1 saturated heterocycles. The van der Waals surface area contributed by atoms with Gasteiger partial charge in [0.25, 0.3) is 0 Å². The van der Waals surface area contributed by atoms with Crippen molar-refractivity contribution in [3.05, 3.63) is 47.7 Å². The number of nitrogens with zero attached hydrogens (tertiary/aromatic N) is 4. The zero-order valence-electron chi connectivity index (χ0n) is 14.9. The first-order chi connectivity index (χ1) is 12.7. The van der Waals surface area contributed by atoms with E-state index in [1.165, 1.54) is 13.3 Å². The third-order valence-electron chi connectivity index (χ3n) is 4.66. The molecule has 1 unspecified atom stereocenters. The molecule has 1 aliphatic heterocycles. The van der Waals surface area contributed by atoms with E-state index in [0.29, 0.717) is 18.9 Å². The van der Waals surface area contributed by atoms with Gasteiger partial charge in [0.1, 0.15) is 18.0 Å². The molecule has 1 aromatic carbocycles. The van der Waals surface area contributed by atoms with E-state index in [1.54, 1.807) is 11.9 Å².